The van der Waals surface area contributed by atoms with Crippen LogP contribution in [-0.4, -0.2) is 38.7 Å². The molecule has 1 amide bonds. The molecule has 0 aromatic carbocycles. The van der Waals surface area contributed by atoms with Crippen LogP contribution >= 0.6 is 11.3 Å². The minimum Gasteiger partial charge on any atom is -0.337 e. The van der Waals surface area contributed by atoms with E-state index in [1.54, 1.807) is 18.4 Å². The molecule has 0 aliphatic carbocycles. The summed E-state index contributed by atoms with van der Waals surface area (Å²) in [6.45, 7) is 5.67. The van der Waals surface area contributed by atoms with Crippen molar-refractivity contribution in [1.29, 1.82) is 0 Å². The van der Waals surface area contributed by atoms with Crippen molar-refractivity contribution in [1.82, 2.24) is 19.7 Å². The summed E-state index contributed by atoms with van der Waals surface area (Å²) in [4.78, 5) is 30.7. The fourth-order valence-corrected chi connectivity index (χ4v) is 4.00. The predicted molar refractivity (Wildman–Crippen MR) is 93.6 cm³/mol. The third-order valence-corrected chi connectivity index (χ3v) is 5.39. The van der Waals surface area contributed by atoms with Crippen molar-refractivity contribution in [2.45, 2.75) is 38.5 Å². The van der Waals surface area contributed by atoms with E-state index in [2.05, 4.69) is 24.3 Å². The first kappa shape index (κ1) is 16.8. The van der Waals surface area contributed by atoms with Gasteiger partial charge in [0.2, 0.25) is 0 Å². The van der Waals surface area contributed by atoms with E-state index in [0.717, 1.165) is 30.1 Å². The van der Waals surface area contributed by atoms with Gasteiger partial charge in [0.1, 0.15) is 5.69 Å². The SMILES string of the molecule is CC(C)c1csc(C2CCCN(C(=O)c3ccc(=O)n(C)n3)C2)n1. The highest BCUT2D eigenvalue weighted by Gasteiger charge is 2.28. The van der Waals surface area contributed by atoms with E-state index in [9.17, 15) is 9.59 Å². The molecule has 0 N–H and O–H groups in total. The van der Waals surface area contributed by atoms with E-state index in [-0.39, 0.29) is 17.4 Å². The molecule has 128 valence electrons. The number of amides is 1. The van der Waals surface area contributed by atoms with Crippen LogP contribution < -0.4 is 5.56 Å². The molecule has 1 saturated heterocycles. The summed E-state index contributed by atoms with van der Waals surface area (Å²) >= 11 is 1.69. The molecule has 2 aromatic heterocycles. The van der Waals surface area contributed by atoms with Crippen LogP contribution in [0.5, 0.6) is 0 Å². The smallest absolute Gasteiger partial charge is 0.274 e. The molecule has 3 rings (SSSR count). The zero-order chi connectivity index (χ0) is 17.3. The largest absolute Gasteiger partial charge is 0.337 e. The molecule has 1 atom stereocenters. The Bertz CT molecular complexity index is 796. The summed E-state index contributed by atoms with van der Waals surface area (Å²) < 4.78 is 1.20. The van der Waals surface area contributed by atoms with Gasteiger partial charge >= 0.3 is 0 Å². The number of aromatic nitrogens is 3. The molecule has 0 bridgehead atoms. The van der Waals surface area contributed by atoms with E-state index in [1.165, 1.54) is 16.8 Å². The maximum absolute atomic E-state index is 12.7. The summed E-state index contributed by atoms with van der Waals surface area (Å²) in [5.41, 5.74) is 1.23. The van der Waals surface area contributed by atoms with Crippen molar-refractivity contribution >= 4 is 17.2 Å². The Morgan fingerprint density at radius 3 is 2.83 bits per heavy atom. The lowest BCUT2D eigenvalue weighted by Crippen LogP contribution is -2.40. The van der Waals surface area contributed by atoms with Crippen molar-refractivity contribution in [2.24, 2.45) is 7.05 Å². The number of carbonyl (C=O) groups is 1. The van der Waals surface area contributed by atoms with Crippen molar-refractivity contribution in [3.63, 3.8) is 0 Å². The maximum Gasteiger partial charge on any atom is 0.274 e. The van der Waals surface area contributed by atoms with E-state index < -0.39 is 0 Å². The van der Waals surface area contributed by atoms with Crippen LogP contribution in [0.1, 0.15) is 59.7 Å². The molecule has 0 saturated carbocycles. The number of nitrogens with zero attached hydrogens (tertiary/aromatic N) is 4. The van der Waals surface area contributed by atoms with E-state index in [0.29, 0.717) is 18.2 Å². The maximum atomic E-state index is 12.7. The molecular formula is C17H22N4O2S. The number of rotatable bonds is 3. The van der Waals surface area contributed by atoms with Gasteiger partial charge in [0.15, 0.2) is 0 Å². The topological polar surface area (TPSA) is 68.1 Å². The molecule has 1 fully saturated rings. The number of likely N-dealkylation sites (tertiary alicyclic amines) is 1. The molecule has 0 radical (unpaired) electrons. The summed E-state index contributed by atoms with van der Waals surface area (Å²) in [7, 11) is 1.56. The predicted octanol–water partition coefficient (Wildman–Crippen LogP) is 2.38. The quantitative estimate of drug-likeness (QED) is 0.856. The van der Waals surface area contributed by atoms with E-state index in [1.807, 2.05) is 4.90 Å². The number of thiazole rings is 1. The average Bonchev–Trinajstić information content (AvgIpc) is 3.07. The third-order valence-electron chi connectivity index (χ3n) is 4.37. The van der Waals surface area contributed by atoms with E-state index in [4.69, 9.17) is 4.98 Å². The normalized spacial score (nSPS) is 18.2. The second kappa shape index (κ2) is 6.84. The second-order valence-corrected chi connectivity index (χ2v) is 7.43. The van der Waals surface area contributed by atoms with Gasteiger partial charge in [-0.25, -0.2) is 9.67 Å². The second-order valence-electron chi connectivity index (χ2n) is 6.54. The zero-order valence-electron chi connectivity index (χ0n) is 14.2. The first-order chi connectivity index (χ1) is 11.5. The van der Waals surface area contributed by atoms with Crippen LogP contribution in [0.3, 0.4) is 0 Å². The Hall–Kier alpha value is -2.02. The monoisotopic (exact) mass is 346 g/mol. The van der Waals surface area contributed by atoms with Crippen LogP contribution in [0.2, 0.25) is 0 Å². The molecule has 2 aromatic rings. The highest BCUT2D eigenvalue weighted by atomic mass is 32.1. The van der Waals surface area contributed by atoms with Crippen molar-refractivity contribution in [2.75, 3.05) is 13.1 Å². The Kier molecular flexibility index (Phi) is 4.80. The standard InChI is InChI=1S/C17H22N4O2S/c1-11(2)14-10-24-16(18-14)12-5-4-8-21(9-12)17(23)13-6-7-15(22)20(3)19-13/h6-7,10-12H,4-5,8-9H2,1-3H3. The molecule has 1 aliphatic heterocycles. The molecule has 7 heteroatoms. The van der Waals surface area contributed by atoms with Gasteiger partial charge in [-0.3, -0.25) is 9.59 Å². The van der Waals surface area contributed by atoms with Gasteiger partial charge in [0.25, 0.3) is 11.5 Å². The minimum atomic E-state index is -0.216. The Balaban J connectivity index is 1.75. The number of hydrogen-bond acceptors (Lipinski definition) is 5. The molecule has 24 heavy (non-hydrogen) atoms. The fraction of sp³-hybridized carbons (Fsp3) is 0.529. The minimum absolute atomic E-state index is 0.115. The summed E-state index contributed by atoms with van der Waals surface area (Å²) in [5.74, 6) is 0.592. The summed E-state index contributed by atoms with van der Waals surface area (Å²) in [5, 5.41) is 7.31. The van der Waals surface area contributed by atoms with Crippen LogP contribution in [0, 0.1) is 0 Å². The van der Waals surface area contributed by atoms with Crippen molar-refractivity contribution in [3.05, 3.63) is 44.3 Å². The third kappa shape index (κ3) is 3.40. The van der Waals surface area contributed by atoms with Gasteiger partial charge < -0.3 is 4.90 Å². The lowest BCUT2D eigenvalue weighted by molar-refractivity contribution is 0.0698. The van der Waals surface area contributed by atoms with Crippen LogP contribution in [0.25, 0.3) is 0 Å². The highest BCUT2D eigenvalue weighted by Crippen LogP contribution is 2.31. The van der Waals surface area contributed by atoms with Crippen LogP contribution in [0.4, 0.5) is 0 Å². The first-order valence-electron chi connectivity index (χ1n) is 8.24. The Morgan fingerprint density at radius 1 is 1.38 bits per heavy atom. The fourth-order valence-electron chi connectivity index (χ4n) is 2.89. The number of aryl methyl sites for hydroxylation is 1. The van der Waals surface area contributed by atoms with Gasteiger partial charge in [0.05, 0.1) is 10.7 Å². The number of hydrogen-bond donors (Lipinski definition) is 0. The molecule has 1 aliphatic rings. The molecular weight excluding hydrogens is 324 g/mol. The zero-order valence-corrected chi connectivity index (χ0v) is 15.0. The lowest BCUT2D eigenvalue weighted by Gasteiger charge is -2.31. The molecule has 1 unspecified atom stereocenters. The van der Waals surface area contributed by atoms with Crippen molar-refractivity contribution in [3.8, 4) is 0 Å². The highest BCUT2D eigenvalue weighted by molar-refractivity contribution is 7.09. The van der Waals surface area contributed by atoms with Gasteiger partial charge in [-0.05, 0) is 24.8 Å². The van der Waals surface area contributed by atoms with Crippen LogP contribution in [-0.2, 0) is 7.05 Å². The van der Waals surface area contributed by atoms with Crippen LogP contribution in [0.15, 0.2) is 22.3 Å². The van der Waals surface area contributed by atoms with Gasteiger partial charge in [0, 0.05) is 37.5 Å². The lowest BCUT2D eigenvalue weighted by atomic mass is 9.98. The Morgan fingerprint density at radius 2 is 2.17 bits per heavy atom. The van der Waals surface area contributed by atoms with Gasteiger partial charge in [-0.15, -0.1) is 11.3 Å². The van der Waals surface area contributed by atoms with E-state index >= 15 is 0 Å². The Labute approximate surface area is 145 Å². The number of piperidine rings is 1. The van der Waals surface area contributed by atoms with Crippen molar-refractivity contribution < 1.29 is 4.79 Å². The van der Waals surface area contributed by atoms with Gasteiger partial charge in [-0.2, -0.15) is 5.10 Å². The van der Waals surface area contributed by atoms with Gasteiger partial charge in [-0.1, -0.05) is 13.8 Å². The molecule has 6 nitrogen and oxygen atoms in total. The number of carbonyl (C=O) groups excluding carboxylic acids is 1. The summed E-state index contributed by atoms with van der Waals surface area (Å²) in [6, 6.07) is 2.89. The first-order valence-corrected chi connectivity index (χ1v) is 9.12. The summed E-state index contributed by atoms with van der Waals surface area (Å²) in [6.07, 6.45) is 2.01. The molecule has 0 spiro atoms. The average molecular weight is 346 g/mol. The molecule has 3 heterocycles.